The molecule has 1 aromatic rings. The Hall–Kier alpha value is -1.10. The molecule has 1 saturated heterocycles. The van der Waals surface area contributed by atoms with Gasteiger partial charge in [0.05, 0.1) is 13.2 Å². The average molecular weight is 296 g/mol. The lowest BCUT2D eigenvalue weighted by atomic mass is 9.89. The highest BCUT2D eigenvalue weighted by molar-refractivity contribution is 6.30. The molecule has 1 atom stereocenters. The first-order chi connectivity index (χ1) is 9.67. The quantitative estimate of drug-likeness (QED) is 0.912. The monoisotopic (exact) mass is 295 g/mol. The van der Waals surface area contributed by atoms with Crippen molar-refractivity contribution in [3.8, 4) is 0 Å². The zero-order chi connectivity index (χ0) is 14.0. The van der Waals surface area contributed by atoms with Crippen LogP contribution in [0.25, 0.3) is 0 Å². The molecule has 0 bridgehead atoms. The van der Waals surface area contributed by atoms with Gasteiger partial charge < -0.3 is 14.8 Å². The topological polar surface area (TPSA) is 47.6 Å². The van der Waals surface area contributed by atoms with E-state index in [0.29, 0.717) is 23.8 Å². The molecule has 1 N–H and O–H groups in total. The Balaban J connectivity index is 1.62. The molecule has 0 radical (unpaired) electrons. The molecule has 4 nitrogen and oxygen atoms in total. The molecule has 0 unspecified atom stereocenters. The third kappa shape index (κ3) is 2.97. The van der Waals surface area contributed by atoms with Crippen LogP contribution in [0.3, 0.4) is 0 Å². The summed E-state index contributed by atoms with van der Waals surface area (Å²) in [5.41, 5.74) is 0.627. The van der Waals surface area contributed by atoms with E-state index in [2.05, 4.69) is 5.32 Å². The first-order valence-corrected chi connectivity index (χ1v) is 7.39. The van der Waals surface area contributed by atoms with E-state index in [1.54, 1.807) is 24.3 Å². The van der Waals surface area contributed by atoms with Gasteiger partial charge in [0.25, 0.3) is 5.91 Å². The number of ether oxygens (including phenoxy) is 2. The van der Waals surface area contributed by atoms with Gasteiger partial charge in [-0.3, -0.25) is 4.79 Å². The van der Waals surface area contributed by atoms with Crippen molar-refractivity contribution >= 4 is 17.5 Å². The fourth-order valence-electron chi connectivity index (χ4n) is 2.95. The molecule has 2 fully saturated rings. The van der Waals surface area contributed by atoms with Crippen LogP contribution < -0.4 is 5.32 Å². The Morgan fingerprint density at radius 3 is 2.65 bits per heavy atom. The fourth-order valence-corrected chi connectivity index (χ4v) is 3.08. The molecule has 3 rings (SSSR count). The maximum Gasteiger partial charge on any atom is 0.251 e. The summed E-state index contributed by atoms with van der Waals surface area (Å²) in [6, 6.07) is 7.02. The van der Waals surface area contributed by atoms with E-state index >= 15 is 0 Å². The first kappa shape index (κ1) is 13.9. The van der Waals surface area contributed by atoms with E-state index in [4.69, 9.17) is 21.1 Å². The van der Waals surface area contributed by atoms with Crippen LogP contribution in [0.15, 0.2) is 24.3 Å². The minimum atomic E-state index is -0.462. The lowest BCUT2D eigenvalue weighted by Crippen LogP contribution is -2.46. The molecule has 1 aliphatic heterocycles. The second kappa shape index (κ2) is 5.72. The van der Waals surface area contributed by atoms with Crippen molar-refractivity contribution in [2.75, 3.05) is 13.2 Å². The van der Waals surface area contributed by atoms with E-state index in [1.165, 1.54) is 0 Å². The van der Waals surface area contributed by atoms with Gasteiger partial charge in [-0.05, 0) is 37.1 Å². The first-order valence-electron chi connectivity index (χ1n) is 7.01. The summed E-state index contributed by atoms with van der Waals surface area (Å²) in [5.74, 6) is -0.530. The van der Waals surface area contributed by atoms with Crippen LogP contribution >= 0.6 is 11.6 Å². The molecule has 5 heteroatoms. The number of benzene rings is 1. The summed E-state index contributed by atoms with van der Waals surface area (Å²) in [6.07, 6.45) is 3.62. The van der Waals surface area contributed by atoms with Crippen LogP contribution in [0.2, 0.25) is 5.02 Å². The van der Waals surface area contributed by atoms with Crippen LogP contribution in [0.4, 0.5) is 0 Å². The maximum absolute atomic E-state index is 12.2. The number of carbonyl (C=O) groups excluding carboxylic acids is 1. The van der Waals surface area contributed by atoms with Crippen LogP contribution in [-0.2, 0) is 9.47 Å². The summed E-state index contributed by atoms with van der Waals surface area (Å²) in [6.45, 7) is 1.30. The Labute approximate surface area is 123 Å². The van der Waals surface area contributed by atoms with E-state index in [-0.39, 0.29) is 11.9 Å². The van der Waals surface area contributed by atoms with Crippen molar-refractivity contribution in [3.63, 3.8) is 0 Å². The molecule has 20 heavy (non-hydrogen) atoms. The molecule has 1 amide bonds. The molecule has 1 aromatic carbocycles. The molecule has 0 aromatic heterocycles. The van der Waals surface area contributed by atoms with Gasteiger partial charge >= 0.3 is 0 Å². The number of hydrogen-bond acceptors (Lipinski definition) is 3. The summed E-state index contributed by atoms with van der Waals surface area (Å²) < 4.78 is 11.4. The van der Waals surface area contributed by atoms with Gasteiger partial charge in [-0.2, -0.15) is 0 Å². The Bertz CT molecular complexity index is 482. The lowest BCUT2D eigenvalue weighted by molar-refractivity contribution is -0.181. The normalized spacial score (nSPS) is 24.8. The van der Waals surface area contributed by atoms with E-state index in [0.717, 1.165) is 25.7 Å². The largest absolute Gasteiger partial charge is 0.349 e. The van der Waals surface area contributed by atoms with Crippen molar-refractivity contribution in [1.29, 1.82) is 0 Å². The minimum absolute atomic E-state index is 0.0679. The highest BCUT2D eigenvalue weighted by Crippen LogP contribution is 2.35. The molecular weight excluding hydrogens is 278 g/mol. The number of hydrogen-bond donors (Lipinski definition) is 1. The van der Waals surface area contributed by atoms with Gasteiger partial charge in [0, 0.05) is 29.5 Å². The fraction of sp³-hybridized carbons (Fsp3) is 0.533. The van der Waals surface area contributed by atoms with Crippen molar-refractivity contribution in [1.82, 2.24) is 5.32 Å². The van der Waals surface area contributed by atoms with Gasteiger partial charge in [-0.15, -0.1) is 0 Å². The second-order valence-corrected chi connectivity index (χ2v) is 5.82. The van der Waals surface area contributed by atoms with Crippen LogP contribution in [0.5, 0.6) is 0 Å². The average Bonchev–Trinajstić information content (AvgIpc) is 2.87. The van der Waals surface area contributed by atoms with Crippen LogP contribution in [0, 0.1) is 0 Å². The summed E-state index contributed by atoms with van der Waals surface area (Å²) in [5, 5.41) is 3.69. The Kier molecular flexibility index (Phi) is 3.96. The highest BCUT2D eigenvalue weighted by atomic mass is 35.5. The molecule has 1 spiro atoms. The molecule has 1 saturated carbocycles. The number of carbonyl (C=O) groups is 1. The van der Waals surface area contributed by atoms with Gasteiger partial charge in [-0.25, -0.2) is 0 Å². The summed E-state index contributed by atoms with van der Waals surface area (Å²) in [4.78, 5) is 12.2. The van der Waals surface area contributed by atoms with Crippen molar-refractivity contribution in [2.45, 2.75) is 37.5 Å². The van der Waals surface area contributed by atoms with E-state index < -0.39 is 5.79 Å². The number of rotatable bonds is 2. The molecule has 108 valence electrons. The number of nitrogens with one attached hydrogen (secondary N) is 1. The van der Waals surface area contributed by atoms with Crippen molar-refractivity contribution in [3.05, 3.63) is 34.9 Å². The zero-order valence-corrected chi connectivity index (χ0v) is 12.0. The van der Waals surface area contributed by atoms with E-state index in [9.17, 15) is 4.79 Å². The van der Waals surface area contributed by atoms with Gasteiger partial charge in [-0.1, -0.05) is 11.6 Å². The predicted molar refractivity (Wildman–Crippen MR) is 75.8 cm³/mol. The number of halogens is 1. The summed E-state index contributed by atoms with van der Waals surface area (Å²) >= 11 is 5.83. The third-order valence-electron chi connectivity index (χ3n) is 3.92. The lowest BCUT2D eigenvalue weighted by Gasteiger charge is -2.36. The van der Waals surface area contributed by atoms with E-state index in [1.807, 2.05) is 0 Å². The molecular formula is C15H18ClNO3. The SMILES string of the molecule is O=C(N[C@@H]1CCCC2(C1)OCCO2)c1ccc(Cl)cc1. The second-order valence-electron chi connectivity index (χ2n) is 5.38. The smallest absolute Gasteiger partial charge is 0.251 e. The highest BCUT2D eigenvalue weighted by Gasteiger charge is 2.41. The summed E-state index contributed by atoms with van der Waals surface area (Å²) in [7, 11) is 0. The van der Waals surface area contributed by atoms with Crippen molar-refractivity contribution < 1.29 is 14.3 Å². The third-order valence-corrected chi connectivity index (χ3v) is 4.17. The Morgan fingerprint density at radius 2 is 1.95 bits per heavy atom. The minimum Gasteiger partial charge on any atom is -0.349 e. The van der Waals surface area contributed by atoms with Gasteiger partial charge in [0.2, 0.25) is 0 Å². The Morgan fingerprint density at radius 1 is 1.25 bits per heavy atom. The van der Waals surface area contributed by atoms with Gasteiger partial charge in [0.15, 0.2) is 5.79 Å². The standard InChI is InChI=1S/C15H18ClNO3/c16-12-5-3-11(4-6-12)14(18)17-13-2-1-7-15(10-13)19-8-9-20-15/h3-6,13H,1-2,7-10H2,(H,17,18)/t13-/m1/s1. The number of amides is 1. The maximum atomic E-state index is 12.2. The van der Waals surface area contributed by atoms with Crippen LogP contribution in [0.1, 0.15) is 36.0 Å². The molecule has 1 aliphatic carbocycles. The molecule has 1 heterocycles. The van der Waals surface area contributed by atoms with Crippen molar-refractivity contribution in [2.24, 2.45) is 0 Å². The predicted octanol–water partition coefficient (Wildman–Crippen LogP) is 2.76. The molecule has 2 aliphatic rings. The zero-order valence-electron chi connectivity index (χ0n) is 11.2. The van der Waals surface area contributed by atoms with Crippen LogP contribution in [-0.4, -0.2) is 30.9 Å². The van der Waals surface area contributed by atoms with Gasteiger partial charge in [0.1, 0.15) is 0 Å².